The largest absolute Gasteiger partial charge is 0.497 e. The van der Waals surface area contributed by atoms with E-state index < -0.39 is 0 Å². The van der Waals surface area contributed by atoms with E-state index in [-0.39, 0.29) is 0 Å². The van der Waals surface area contributed by atoms with Crippen LogP contribution < -0.4 is 4.74 Å². The molecule has 0 amide bonds. The molecule has 1 aromatic heterocycles. The Morgan fingerprint density at radius 2 is 2.04 bits per heavy atom. The van der Waals surface area contributed by atoms with Crippen LogP contribution in [-0.2, 0) is 6.54 Å². The Bertz CT molecular complexity index is 666. The molecule has 0 N–H and O–H groups in total. The van der Waals surface area contributed by atoms with E-state index >= 15 is 0 Å². The highest BCUT2D eigenvalue weighted by molar-refractivity contribution is 5.38. The normalized spacial score (nSPS) is 25.0. The second kappa shape index (κ2) is 5.98. The van der Waals surface area contributed by atoms with Gasteiger partial charge in [-0.05, 0) is 50.2 Å². The molecule has 122 valence electrons. The van der Waals surface area contributed by atoms with Gasteiger partial charge in [-0.1, -0.05) is 0 Å². The molecule has 0 unspecified atom stereocenters. The molecule has 2 aromatic rings. The Labute approximate surface area is 137 Å². The molecule has 2 atom stereocenters. The molecule has 2 aliphatic rings. The number of aromatic nitrogens is 2. The molecule has 0 bridgehead atoms. The van der Waals surface area contributed by atoms with Crippen LogP contribution in [0.25, 0.3) is 5.69 Å². The zero-order valence-electron chi connectivity index (χ0n) is 13.9. The highest BCUT2D eigenvalue weighted by Gasteiger charge is 2.39. The van der Waals surface area contributed by atoms with Gasteiger partial charge in [-0.2, -0.15) is 0 Å². The summed E-state index contributed by atoms with van der Waals surface area (Å²) < 4.78 is 7.42. The Morgan fingerprint density at radius 1 is 1.22 bits per heavy atom. The number of likely N-dealkylation sites (N-methyl/N-ethyl adjacent to an activating group) is 1. The fourth-order valence-corrected chi connectivity index (χ4v) is 4.02. The van der Waals surface area contributed by atoms with E-state index in [9.17, 15) is 0 Å². The topological polar surface area (TPSA) is 33.5 Å². The molecule has 1 aromatic carbocycles. The molecular weight excluding hydrogens is 288 g/mol. The van der Waals surface area contributed by atoms with Crippen LogP contribution in [0.5, 0.6) is 5.75 Å². The zero-order valence-corrected chi connectivity index (χ0v) is 13.9. The summed E-state index contributed by atoms with van der Waals surface area (Å²) in [6, 6.07) is 8.88. The van der Waals surface area contributed by atoms with Gasteiger partial charge in [0.05, 0.1) is 13.7 Å². The van der Waals surface area contributed by atoms with E-state index in [1.807, 2.05) is 24.5 Å². The molecule has 2 aliphatic heterocycles. The summed E-state index contributed by atoms with van der Waals surface area (Å²) >= 11 is 0. The number of hydrogen-bond donors (Lipinski definition) is 0. The smallest absolute Gasteiger partial charge is 0.127 e. The predicted molar refractivity (Wildman–Crippen MR) is 89.9 cm³/mol. The van der Waals surface area contributed by atoms with Gasteiger partial charge in [0.15, 0.2) is 0 Å². The maximum Gasteiger partial charge on any atom is 0.127 e. The lowest BCUT2D eigenvalue weighted by Crippen LogP contribution is -2.32. The standard InChI is InChI=1S/C18H24N4O/c1-20-9-7-14-11-21(12-17(14)20)13-18-19-8-10-22(18)15-3-5-16(23-2)6-4-15/h3-6,8,10,14,17H,7,9,11-13H2,1-2H3/t14-,17+/m0/s1. The Kier molecular flexibility index (Phi) is 3.83. The monoisotopic (exact) mass is 312 g/mol. The maximum absolute atomic E-state index is 5.24. The molecule has 0 spiro atoms. The van der Waals surface area contributed by atoms with Crippen molar-refractivity contribution in [1.82, 2.24) is 19.4 Å². The van der Waals surface area contributed by atoms with Crippen molar-refractivity contribution in [3.8, 4) is 11.4 Å². The first-order chi connectivity index (χ1) is 11.2. The fraction of sp³-hybridized carbons (Fsp3) is 0.500. The minimum absolute atomic E-state index is 0.736. The highest BCUT2D eigenvalue weighted by atomic mass is 16.5. The average Bonchev–Trinajstić information content (AvgIpc) is 3.27. The van der Waals surface area contributed by atoms with Gasteiger partial charge in [-0.3, -0.25) is 4.90 Å². The van der Waals surface area contributed by atoms with Crippen molar-refractivity contribution in [3.05, 3.63) is 42.5 Å². The summed E-state index contributed by atoms with van der Waals surface area (Å²) in [5.41, 5.74) is 1.13. The van der Waals surface area contributed by atoms with E-state index in [1.54, 1.807) is 7.11 Å². The minimum Gasteiger partial charge on any atom is -0.497 e. The van der Waals surface area contributed by atoms with Crippen LogP contribution in [0, 0.1) is 5.92 Å². The highest BCUT2D eigenvalue weighted by Crippen LogP contribution is 2.31. The van der Waals surface area contributed by atoms with Crippen molar-refractivity contribution in [2.45, 2.75) is 19.0 Å². The van der Waals surface area contributed by atoms with Gasteiger partial charge in [0.2, 0.25) is 0 Å². The maximum atomic E-state index is 5.24. The summed E-state index contributed by atoms with van der Waals surface area (Å²) in [5.74, 6) is 2.83. The minimum atomic E-state index is 0.736. The molecule has 23 heavy (non-hydrogen) atoms. The quantitative estimate of drug-likeness (QED) is 0.865. The molecular formula is C18H24N4O. The number of imidazole rings is 1. The summed E-state index contributed by atoms with van der Waals surface area (Å²) in [6.07, 6.45) is 5.27. The van der Waals surface area contributed by atoms with Gasteiger partial charge in [-0.15, -0.1) is 0 Å². The average molecular weight is 312 g/mol. The summed E-state index contributed by atoms with van der Waals surface area (Å²) in [5, 5.41) is 0. The SMILES string of the molecule is COc1ccc(-n2ccnc2CN2C[C@@H]3CCN(C)[C@@H]3C2)cc1. The molecule has 2 saturated heterocycles. The lowest BCUT2D eigenvalue weighted by Gasteiger charge is -2.20. The second-order valence-electron chi connectivity index (χ2n) is 6.70. The predicted octanol–water partition coefficient (Wildman–Crippen LogP) is 2.02. The first-order valence-electron chi connectivity index (χ1n) is 8.34. The van der Waals surface area contributed by atoms with Gasteiger partial charge in [0.1, 0.15) is 11.6 Å². The zero-order chi connectivity index (χ0) is 15.8. The van der Waals surface area contributed by atoms with Crippen LogP contribution in [0.1, 0.15) is 12.2 Å². The third kappa shape index (κ3) is 2.75. The van der Waals surface area contributed by atoms with Gasteiger partial charge in [-0.25, -0.2) is 4.98 Å². The molecule has 5 heteroatoms. The van der Waals surface area contributed by atoms with Crippen LogP contribution in [0.15, 0.2) is 36.7 Å². The number of benzene rings is 1. The lowest BCUT2D eigenvalue weighted by molar-refractivity contribution is 0.251. The number of fused-ring (bicyclic) bond motifs is 1. The second-order valence-corrected chi connectivity index (χ2v) is 6.70. The van der Waals surface area contributed by atoms with Crippen molar-refractivity contribution in [2.75, 3.05) is 33.8 Å². The van der Waals surface area contributed by atoms with Crippen LogP contribution >= 0.6 is 0 Å². The lowest BCUT2D eigenvalue weighted by atomic mass is 10.1. The van der Waals surface area contributed by atoms with Gasteiger partial charge in [0, 0.05) is 37.2 Å². The molecule has 0 radical (unpaired) electrons. The van der Waals surface area contributed by atoms with Crippen molar-refractivity contribution >= 4 is 0 Å². The van der Waals surface area contributed by atoms with Crippen LogP contribution in [0.4, 0.5) is 0 Å². The molecule has 0 saturated carbocycles. The third-order valence-electron chi connectivity index (χ3n) is 5.33. The first kappa shape index (κ1) is 14.7. The molecule has 4 rings (SSSR count). The van der Waals surface area contributed by atoms with Gasteiger partial charge >= 0.3 is 0 Å². The Balaban J connectivity index is 1.49. The van der Waals surface area contributed by atoms with Crippen molar-refractivity contribution in [2.24, 2.45) is 5.92 Å². The number of ether oxygens (including phenoxy) is 1. The molecule has 5 nitrogen and oxygen atoms in total. The molecule has 0 aliphatic carbocycles. The Morgan fingerprint density at radius 3 is 2.78 bits per heavy atom. The molecule has 2 fully saturated rings. The number of likely N-dealkylation sites (tertiary alicyclic amines) is 2. The summed E-state index contributed by atoms with van der Waals surface area (Å²) in [4.78, 5) is 9.65. The first-order valence-corrected chi connectivity index (χ1v) is 8.34. The van der Waals surface area contributed by atoms with Crippen LogP contribution in [0.2, 0.25) is 0 Å². The number of methoxy groups -OCH3 is 1. The summed E-state index contributed by atoms with van der Waals surface area (Å²) in [7, 11) is 3.95. The number of hydrogen-bond acceptors (Lipinski definition) is 4. The van der Waals surface area contributed by atoms with Gasteiger partial charge in [0.25, 0.3) is 0 Å². The van der Waals surface area contributed by atoms with E-state index in [4.69, 9.17) is 4.74 Å². The van der Waals surface area contributed by atoms with E-state index in [1.165, 1.54) is 19.5 Å². The van der Waals surface area contributed by atoms with E-state index in [2.05, 4.69) is 38.5 Å². The van der Waals surface area contributed by atoms with Crippen molar-refractivity contribution in [1.29, 1.82) is 0 Å². The van der Waals surface area contributed by atoms with Crippen molar-refractivity contribution in [3.63, 3.8) is 0 Å². The van der Waals surface area contributed by atoms with Crippen LogP contribution in [0.3, 0.4) is 0 Å². The fourth-order valence-electron chi connectivity index (χ4n) is 4.02. The van der Waals surface area contributed by atoms with Gasteiger partial charge < -0.3 is 14.2 Å². The third-order valence-corrected chi connectivity index (χ3v) is 5.33. The number of nitrogens with zero attached hydrogens (tertiary/aromatic N) is 4. The van der Waals surface area contributed by atoms with Crippen molar-refractivity contribution < 1.29 is 4.74 Å². The number of rotatable bonds is 4. The van der Waals surface area contributed by atoms with E-state index in [0.29, 0.717) is 0 Å². The Hall–Kier alpha value is -1.85. The summed E-state index contributed by atoms with van der Waals surface area (Å²) in [6.45, 7) is 4.53. The van der Waals surface area contributed by atoms with Crippen LogP contribution in [-0.4, -0.2) is 59.2 Å². The molecule has 3 heterocycles. The van der Waals surface area contributed by atoms with E-state index in [0.717, 1.165) is 42.3 Å².